The average Bonchev–Trinajstić information content (AvgIpc) is 1.00. The first-order valence-electron chi connectivity index (χ1n) is 0.144. The zero-order valence-electron chi connectivity index (χ0n) is 2.21. The molecule has 0 rings (SSSR count). The Hall–Kier alpha value is 1.85. The topological polar surface area (TPSA) is 47.1 Å². The molecule has 24 valence electrons. The number of hydrogen-bond donors (Lipinski definition) is 0. The van der Waals surface area contributed by atoms with E-state index in [0.29, 0.717) is 0 Å². The Balaban J connectivity index is -0.00000000500. The van der Waals surface area contributed by atoms with E-state index in [4.69, 9.17) is 3.83 Å². The van der Waals surface area contributed by atoms with E-state index in [2.05, 4.69) is 0 Å². The maximum absolute atomic E-state index is 8.00. The maximum atomic E-state index is 8.00. The molecule has 0 aliphatic carbocycles. The molecule has 0 heterocycles. The fraction of sp³-hybridized carbons (Fsp3) is 0. The molecule has 0 aromatic rings. The van der Waals surface area contributed by atoms with Crippen molar-refractivity contribution in [2.24, 2.45) is 0 Å². The van der Waals surface area contributed by atoms with Crippen LogP contribution in [0.25, 0.3) is 0 Å². The van der Waals surface area contributed by atoms with E-state index in [9.17, 15) is 0 Å². The van der Waals surface area contributed by atoms with Gasteiger partial charge in [-0.15, -0.1) is 0 Å². The predicted molar refractivity (Wildman–Crippen MR) is 9.77 cm³/mol. The summed E-state index contributed by atoms with van der Waals surface area (Å²) in [6.07, 6.45) is 0. The van der Waals surface area contributed by atoms with Gasteiger partial charge in [0.2, 0.25) is 0 Å². The summed E-state index contributed by atoms with van der Waals surface area (Å²) < 4.78 is 8.00. The summed E-state index contributed by atoms with van der Waals surface area (Å²) in [4.78, 5) is 0. The van der Waals surface area contributed by atoms with Gasteiger partial charge in [-0.3, -0.25) is 0 Å². The van der Waals surface area contributed by atoms with Gasteiger partial charge in [0.1, 0.15) is 0 Å². The monoisotopic (exact) mass is 228 g/mol. The molecule has 0 unspecified atom stereocenters. The Morgan fingerprint density at radius 1 is 1.25 bits per heavy atom. The van der Waals surface area contributed by atoms with Crippen molar-refractivity contribution in [1.82, 2.24) is 0 Å². The van der Waals surface area contributed by atoms with Crippen LogP contribution in [0.2, 0.25) is 0 Å². The Kier molecular flexibility index (Phi) is 88.9. The van der Waals surface area contributed by atoms with Crippen LogP contribution in [0.3, 0.4) is 0 Å². The SMILES string of the molecule is [BaH+].[OH-].[O]=[Fe]. The molecule has 0 atom stereocenters. The molecule has 0 aromatic carbocycles. The van der Waals surface area contributed by atoms with Crippen LogP contribution in [0.5, 0.6) is 0 Å². The third-order valence-electron chi connectivity index (χ3n) is 0. The van der Waals surface area contributed by atoms with E-state index in [1.165, 1.54) is 0 Å². The quantitative estimate of drug-likeness (QED) is 0.501. The first-order valence-corrected chi connectivity index (χ1v) is 0.595. The summed E-state index contributed by atoms with van der Waals surface area (Å²) >= 11 is 2.00. The van der Waals surface area contributed by atoms with Crippen LogP contribution in [0.15, 0.2) is 0 Å². The third-order valence-corrected chi connectivity index (χ3v) is 0. The predicted octanol–water partition coefficient (Wildman–Crippen LogP) is -0.947. The molecule has 0 saturated heterocycles. The molecule has 0 amide bonds. The van der Waals surface area contributed by atoms with Gasteiger partial charge < -0.3 is 5.48 Å². The number of rotatable bonds is 0. The third kappa shape index (κ3) is 9.14. The average molecular weight is 227 g/mol. The molecule has 0 spiro atoms. The number of hydrogen-bond acceptors (Lipinski definition) is 2. The minimum atomic E-state index is 0. The van der Waals surface area contributed by atoms with E-state index < -0.39 is 0 Å². The molecule has 2 nitrogen and oxygen atoms in total. The van der Waals surface area contributed by atoms with E-state index >= 15 is 0 Å². The summed E-state index contributed by atoms with van der Waals surface area (Å²) in [6.45, 7) is 0. The van der Waals surface area contributed by atoms with Crippen LogP contribution in [0.4, 0.5) is 0 Å². The van der Waals surface area contributed by atoms with Crippen molar-refractivity contribution < 1.29 is 25.3 Å². The first kappa shape index (κ1) is 16.9. The molecule has 0 radical (unpaired) electrons. The summed E-state index contributed by atoms with van der Waals surface area (Å²) in [5.74, 6) is 0. The van der Waals surface area contributed by atoms with E-state index in [-0.39, 0.29) is 54.4 Å². The van der Waals surface area contributed by atoms with Gasteiger partial charge in [0.05, 0.1) is 0 Å². The van der Waals surface area contributed by atoms with Crippen molar-refractivity contribution in [1.29, 1.82) is 0 Å². The Morgan fingerprint density at radius 3 is 1.25 bits per heavy atom. The molecule has 0 aromatic heterocycles. The van der Waals surface area contributed by atoms with Gasteiger partial charge in [0.25, 0.3) is 0 Å². The molecule has 1 N–H and O–H groups in total. The van der Waals surface area contributed by atoms with Crippen molar-refractivity contribution in [3.05, 3.63) is 0 Å². The Labute approximate surface area is 72.7 Å². The Morgan fingerprint density at radius 2 is 1.25 bits per heavy atom. The normalized spacial score (nSPS) is 1.25. The van der Waals surface area contributed by atoms with Gasteiger partial charge in [0.15, 0.2) is 0 Å². The zero-order chi connectivity index (χ0) is 2.00. The molecular formula is H2BaFeO2. The molecule has 0 fully saturated rings. The van der Waals surface area contributed by atoms with Crippen LogP contribution in [0, 0.1) is 0 Å². The van der Waals surface area contributed by atoms with Crippen LogP contribution >= 0.6 is 0 Å². The minimum absolute atomic E-state index is 0. The zero-order valence-corrected chi connectivity index (χ0v) is 9.59. The Bertz CT molecular complexity index is 6.00. The van der Waals surface area contributed by atoms with Gasteiger partial charge in [-0.2, -0.15) is 0 Å². The summed E-state index contributed by atoms with van der Waals surface area (Å²) in [7, 11) is 0. The molecule has 0 bridgehead atoms. The molecule has 4 heavy (non-hydrogen) atoms. The van der Waals surface area contributed by atoms with Crippen molar-refractivity contribution in [3.8, 4) is 0 Å². The summed E-state index contributed by atoms with van der Waals surface area (Å²) in [5, 5.41) is 0. The van der Waals surface area contributed by atoms with Gasteiger partial charge in [-0.25, -0.2) is 0 Å². The second kappa shape index (κ2) is 21.0. The second-order valence-electron chi connectivity index (χ2n) is 0. The van der Waals surface area contributed by atoms with Crippen LogP contribution < -0.4 is 0 Å². The summed E-state index contributed by atoms with van der Waals surface area (Å²) in [5.41, 5.74) is 0. The van der Waals surface area contributed by atoms with Gasteiger partial charge in [-0.05, 0) is 0 Å². The van der Waals surface area contributed by atoms with Crippen molar-refractivity contribution in [2.45, 2.75) is 0 Å². The second-order valence-corrected chi connectivity index (χ2v) is 0. The van der Waals surface area contributed by atoms with Gasteiger partial charge in [-0.1, -0.05) is 0 Å². The molecular weight excluding hydrogens is 225 g/mol. The van der Waals surface area contributed by atoms with Gasteiger partial charge >= 0.3 is 68.7 Å². The van der Waals surface area contributed by atoms with Crippen LogP contribution in [-0.2, 0) is 19.8 Å². The van der Waals surface area contributed by atoms with Gasteiger partial charge in [0, 0.05) is 0 Å². The van der Waals surface area contributed by atoms with Crippen molar-refractivity contribution in [2.75, 3.05) is 0 Å². The van der Waals surface area contributed by atoms with Crippen LogP contribution in [-0.4, -0.2) is 54.4 Å². The molecule has 0 aliphatic heterocycles. The summed E-state index contributed by atoms with van der Waals surface area (Å²) in [6, 6.07) is 0. The van der Waals surface area contributed by atoms with E-state index in [1.54, 1.807) is 0 Å². The standard InChI is InChI=1S/Ba.Fe.H2O.O.H/h;;1H2;;/q+1;;;;/p-1. The molecule has 0 saturated carbocycles. The fourth-order valence-electron chi connectivity index (χ4n) is 0. The molecule has 0 aliphatic rings. The van der Waals surface area contributed by atoms with Crippen molar-refractivity contribution in [3.63, 3.8) is 0 Å². The van der Waals surface area contributed by atoms with E-state index in [0.717, 1.165) is 0 Å². The van der Waals surface area contributed by atoms with E-state index in [1.807, 2.05) is 15.9 Å². The molecule has 4 heteroatoms. The van der Waals surface area contributed by atoms with Crippen LogP contribution in [0.1, 0.15) is 0 Å². The van der Waals surface area contributed by atoms with Crippen molar-refractivity contribution >= 4 is 48.9 Å². The fourth-order valence-corrected chi connectivity index (χ4v) is 0. The first-order chi connectivity index (χ1) is 1.00.